The van der Waals surface area contributed by atoms with Crippen LogP contribution in [-0.4, -0.2) is 49.6 Å². The molecule has 0 N–H and O–H groups in total. The van der Waals surface area contributed by atoms with Gasteiger partial charge in [0.05, 0.1) is 16.8 Å². The van der Waals surface area contributed by atoms with E-state index in [9.17, 15) is 13.7 Å². The highest BCUT2D eigenvalue weighted by Gasteiger charge is 2.27. The Morgan fingerprint density at radius 2 is 1.91 bits per heavy atom. The van der Waals surface area contributed by atoms with Crippen molar-refractivity contribution in [2.75, 3.05) is 36.8 Å². The normalized spacial score (nSPS) is 16.4. The Labute approximate surface area is 136 Å². The lowest BCUT2D eigenvalue weighted by molar-refractivity contribution is 0.384. The van der Waals surface area contributed by atoms with E-state index in [1.165, 1.54) is 4.31 Å². The van der Waals surface area contributed by atoms with E-state index in [0.717, 1.165) is 10.9 Å². The van der Waals surface area contributed by atoms with Gasteiger partial charge in [-0.15, -0.1) is 0 Å². The van der Waals surface area contributed by atoms with Gasteiger partial charge in [0.2, 0.25) is 10.0 Å². The predicted molar refractivity (Wildman–Crippen MR) is 89.7 cm³/mol. The SMILES string of the molecule is CCS(=O)(=O)N1CCN(c2nc3ccccc3cc2C#N)CC1. The first-order valence-electron chi connectivity index (χ1n) is 7.58. The van der Waals surface area contributed by atoms with Gasteiger partial charge in [0.15, 0.2) is 0 Å². The third-order valence-corrected chi connectivity index (χ3v) is 6.00. The molecule has 6 nitrogen and oxygen atoms in total. The van der Waals surface area contributed by atoms with Gasteiger partial charge in [0.1, 0.15) is 11.9 Å². The summed E-state index contributed by atoms with van der Waals surface area (Å²) >= 11 is 0. The van der Waals surface area contributed by atoms with Crippen LogP contribution < -0.4 is 4.90 Å². The molecule has 1 aromatic carbocycles. The molecule has 3 rings (SSSR count). The summed E-state index contributed by atoms with van der Waals surface area (Å²) in [4.78, 5) is 6.61. The molecule has 2 heterocycles. The third kappa shape index (κ3) is 3.00. The standard InChI is InChI=1S/C16H18N4O2S/c1-2-23(21,22)20-9-7-19(8-10-20)16-14(12-17)11-13-5-3-4-6-15(13)18-16/h3-6,11H,2,7-10H2,1H3. The zero-order chi connectivity index (χ0) is 16.4. The molecule has 0 amide bonds. The molecule has 0 saturated carbocycles. The second kappa shape index (κ2) is 6.14. The summed E-state index contributed by atoms with van der Waals surface area (Å²) in [6.07, 6.45) is 0. The van der Waals surface area contributed by atoms with Gasteiger partial charge in [-0.25, -0.2) is 13.4 Å². The molecular formula is C16H18N4O2S. The summed E-state index contributed by atoms with van der Waals surface area (Å²) in [5.41, 5.74) is 1.36. The zero-order valence-electron chi connectivity index (χ0n) is 12.9. The summed E-state index contributed by atoms with van der Waals surface area (Å²) in [7, 11) is -3.16. The molecule has 0 atom stereocenters. The second-order valence-electron chi connectivity index (χ2n) is 5.45. The maximum absolute atomic E-state index is 11.9. The summed E-state index contributed by atoms with van der Waals surface area (Å²) in [6.45, 7) is 3.59. The molecule has 2 aromatic rings. The van der Waals surface area contributed by atoms with Crippen LogP contribution in [0, 0.1) is 11.3 Å². The molecule has 1 aromatic heterocycles. The van der Waals surface area contributed by atoms with E-state index >= 15 is 0 Å². The number of fused-ring (bicyclic) bond motifs is 1. The molecular weight excluding hydrogens is 312 g/mol. The van der Waals surface area contributed by atoms with Gasteiger partial charge in [-0.3, -0.25) is 0 Å². The van der Waals surface area contributed by atoms with Crippen LogP contribution in [0.25, 0.3) is 10.9 Å². The van der Waals surface area contributed by atoms with Crippen molar-refractivity contribution in [3.8, 4) is 6.07 Å². The first kappa shape index (κ1) is 15.7. The third-order valence-electron chi connectivity index (χ3n) is 4.12. The number of hydrogen-bond donors (Lipinski definition) is 0. The van der Waals surface area contributed by atoms with Crippen LogP contribution in [0.4, 0.5) is 5.82 Å². The van der Waals surface area contributed by atoms with Crippen LogP contribution in [0.2, 0.25) is 0 Å². The van der Waals surface area contributed by atoms with E-state index in [0.29, 0.717) is 37.6 Å². The summed E-state index contributed by atoms with van der Waals surface area (Å²) in [5.74, 6) is 0.754. The molecule has 1 fully saturated rings. The fourth-order valence-corrected chi connectivity index (χ4v) is 3.87. The van der Waals surface area contributed by atoms with Gasteiger partial charge < -0.3 is 4.90 Å². The minimum absolute atomic E-state index is 0.116. The minimum atomic E-state index is -3.16. The van der Waals surface area contributed by atoms with Crippen molar-refractivity contribution in [2.24, 2.45) is 0 Å². The van der Waals surface area contributed by atoms with Gasteiger partial charge in [-0.2, -0.15) is 9.57 Å². The number of aromatic nitrogens is 1. The van der Waals surface area contributed by atoms with E-state index in [2.05, 4.69) is 11.1 Å². The zero-order valence-corrected chi connectivity index (χ0v) is 13.8. The van der Waals surface area contributed by atoms with E-state index in [1.54, 1.807) is 6.92 Å². The van der Waals surface area contributed by atoms with Crippen molar-refractivity contribution in [1.82, 2.24) is 9.29 Å². The van der Waals surface area contributed by atoms with Crippen LogP contribution in [0.3, 0.4) is 0 Å². The lowest BCUT2D eigenvalue weighted by Gasteiger charge is -2.34. The number of sulfonamides is 1. The van der Waals surface area contributed by atoms with Crippen LogP contribution in [0.15, 0.2) is 30.3 Å². The van der Waals surface area contributed by atoms with Crippen molar-refractivity contribution in [1.29, 1.82) is 5.26 Å². The number of anilines is 1. The van der Waals surface area contributed by atoms with Crippen LogP contribution in [0.1, 0.15) is 12.5 Å². The Kier molecular flexibility index (Phi) is 4.20. The molecule has 0 bridgehead atoms. The highest BCUT2D eigenvalue weighted by Crippen LogP contribution is 2.24. The number of pyridine rings is 1. The Morgan fingerprint density at radius 3 is 2.57 bits per heavy atom. The lowest BCUT2D eigenvalue weighted by Crippen LogP contribution is -2.49. The van der Waals surface area contributed by atoms with Gasteiger partial charge in [0, 0.05) is 31.6 Å². The maximum Gasteiger partial charge on any atom is 0.213 e. The van der Waals surface area contributed by atoms with Crippen molar-refractivity contribution < 1.29 is 8.42 Å². The summed E-state index contributed by atoms with van der Waals surface area (Å²) in [6, 6.07) is 11.7. The summed E-state index contributed by atoms with van der Waals surface area (Å²) in [5, 5.41) is 10.3. The molecule has 1 saturated heterocycles. The van der Waals surface area contributed by atoms with E-state index in [1.807, 2.05) is 35.2 Å². The topological polar surface area (TPSA) is 77.3 Å². The molecule has 0 unspecified atom stereocenters. The average molecular weight is 330 g/mol. The van der Waals surface area contributed by atoms with Gasteiger partial charge >= 0.3 is 0 Å². The number of hydrogen-bond acceptors (Lipinski definition) is 5. The Morgan fingerprint density at radius 1 is 1.22 bits per heavy atom. The van der Waals surface area contributed by atoms with Crippen LogP contribution in [0.5, 0.6) is 0 Å². The molecule has 7 heteroatoms. The van der Waals surface area contributed by atoms with Crippen molar-refractivity contribution in [2.45, 2.75) is 6.92 Å². The highest BCUT2D eigenvalue weighted by molar-refractivity contribution is 7.89. The van der Waals surface area contributed by atoms with Gasteiger partial charge in [-0.1, -0.05) is 18.2 Å². The maximum atomic E-state index is 11.9. The monoisotopic (exact) mass is 330 g/mol. The first-order chi connectivity index (χ1) is 11.0. The quantitative estimate of drug-likeness (QED) is 0.854. The average Bonchev–Trinajstić information content (AvgIpc) is 2.60. The first-order valence-corrected chi connectivity index (χ1v) is 9.18. The van der Waals surface area contributed by atoms with Crippen molar-refractivity contribution in [3.63, 3.8) is 0 Å². The number of rotatable bonds is 3. The van der Waals surface area contributed by atoms with Gasteiger partial charge in [-0.05, 0) is 19.1 Å². The fraction of sp³-hybridized carbons (Fsp3) is 0.375. The molecule has 120 valence electrons. The van der Waals surface area contributed by atoms with Crippen LogP contribution in [-0.2, 0) is 10.0 Å². The molecule has 0 spiro atoms. The molecule has 1 aliphatic rings. The number of benzene rings is 1. The molecule has 0 radical (unpaired) electrons. The van der Waals surface area contributed by atoms with Gasteiger partial charge in [0.25, 0.3) is 0 Å². The highest BCUT2D eigenvalue weighted by atomic mass is 32.2. The molecule has 1 aliphatic heterocycles. The molecule has 0 aliphatic carbocycles. The summed E-state index contributed by atoms with van der Waals surface area (Å²) < 4.78 is 25.4. The Bertz CT molecular complexity index is 865. The largest absolute Gasteiger partial charge is 0.353 e. The van der Waals surface area contributed by atoms with Crippen molar-refractivity contribution in [3.05, 3.63) is 35.9 Å². The number of nitrogens with zero attached hydrogens (tertiary/aromatic N) is 4. The number of piperazine rings is 1. The predicted octanol–water partition coefficient (Wildman–Crippen LogP) is 1.58. The van der Waals surface area contributed by atoms with E-state index in [-0.39, 0.29) is 5.75 Å². The smallest absolute Gasteiger partial charge is 0.213 e. The Balaban J connectivity index is 1.89. The molecule has 23 heavy (non-hydrogen) atoms. The number of nitriles is 1. The minimum Gasteiger partial charge on any atom is -0.353 e. The van der Waals surface area contributed by atoms with Crippen molar-refractivity contribution >= 4 is 26.7 Å². The van der Waals surface area contributed by atoms with Crippen LogP contribution >= 0.6 is 0 Å². The fourth-order valence-electron chi connectivity index (χ4n) is 2.79. The number of para-hydroxylation sites is 1. The second-order valence-corrected chi connectivity index (χ2v) is 7.71. The van der Waals surface area contributed by atoms with E-state index in [4.69, 9.17) is 0 Å². The Hall–Kier alpha value is -2.17. The van der Waals surface area contributed by atoms with E-state index < -0.39 is 10.0 Å². The lowest BCUT2D eigenvalue weighted by atomic mass is 10.1.